The van der Waals surface area contributed by atoms with E-state index in [0.717, 1.165) is 43.5 Å². The Labute approximate surface area is 126 Å². The number of nitrogens with one attached hydrogen (secondary N) is 1. The molecule has 1 atom stereocenters. The summed E-state index contributed by atoms with van der Waals surface area (Å²) in [6.07, 6.45) is 4.95. The highest BCUT2D eigenvalue weighted by molar-refractivity contribution is 5.92. The molecule has 0 bridgehead atoms. The minimum atomic E-state index is 0.151. The minimum Gasteiger partial charge on any atom is -0.335 e. The van der Waals surface area contributed by atoms with Gasteiger partial charge in [-0.15, -0.1) is 0 Å². The molecule has 5 nitrogen and oxygen atoms in total. The molecule has 2 heterocycles. The minimum absolute atomic E-state index is 0.151. The summed E-state index contributed by atoms with van der Waals surface area (Å²) >= 11 is 0. The first-order chi connectivity index (χ1) is 10.2. The van der Waals surface area contributed by atoms with Crippen LogP contribution in [-0.4, -0.2) is 46.3 Å². The molecule has 1 saturated heterocycles. The van der Waals surface area contributed by atoms with Gasteiger partial charge < -0.3 is 10.2 Å². The molecule has 0 spiro atoms. The molecule has 0 aromatic carbocycles. The molecule has 116 valence electrons. The summed E-state index contributed by atoms with van der Waals surface area (Å²) < 4.78 is 1.83. The van der Waals surface area contributed by atoms with Crippen LogP contribution >= 0.6 is 0 Å². The molecular formula is C16H26N4O. The number of carbonyl (C=O) groups is 1. The molecule has 1 unspecified atom stereocenters. The normalized spacial score (nSPS) is 21.7. The predicted molar refractivity (Wildman–Crippen MR) is 82.3 cm³/mol. The zero-order chi connectivity index (χ0) is 14.8. The average Bonchev–Trinajstić information content (AvgIpc) is 2.99. The first kappa shape index (κ1) is 14.6. The lowest BCUT2D eigenvalue weighted by Crippen LogP contribution is -2.42. The standard InChI is InChI=1S/C16H26N4O/c1-3-20-15(9-12(2)18-20)16(21)19(10-13-6-7-13)11-14-5-4-8-17-14/h9,13-14,17H,3-8,10-11H2,1-2H3. The highest BCUT2D eigenvalue weighted by Crippen LogP contribution is 2.30. The van der Waals surface area contributed by atoms with E-state index in [-0.39, 0.29) is 5.91 Å². The second-order valence-corrected chi connectivity index (χ2v) is 6.43. The lowest BCUT2D eigenvalue weighted by atomic mass is 10.2. The van der Waals surface area contributed by atoms with Crippen molar-refractivity contribution in [3.8, 4) is 0 Å². The summed E-state index contributed by atoms with van der Waals surface area (Å²) in [6, 6.07) is 2.39. The van der Waals surface area contributed by atoms with Crippen molar-refractivity contribution in [3.05, 3.63) is 17.5 Å². The van der Waals surface area contributed by atoms with Crippen LogP contribution in [0.15, 0.2) is 6.07 Å². The quantitative estimate of drug-likeness (QED) is 0.869. The zero-order valence-corrected chi connectivity index (χ0v) is 13.1. The molecule has 3 rings (SSSR count). The Bertz CT molecular complexity index is 500. The molecule has 1 N–H and O–H groups in total. The number of hydrogen-bond donors (Lipinski definition) is 1. The molecule has 1 aromatic rings. The summed E-state index contributed by atoms with van der Waals surface area (Å²) in [5.74, 6) is 0.868. The third-order valence-corrected chi connectivity index (χ3v) is 4.49. The number of carbonyl (C=O) groups excluding carboxylic acids is 1. The van der Waals surface area contributed by atoms with Crippen LogP contribution < -0.4 is 5.32 Å². The Hall–Kier alpha value is -1.36. The van der Waals surface area contributed by atoms with Crippen molar-refractivity contribution in [3.63, 3.8) is 0 Å². The molecule has 2 aliphatic rings. The second-order valence-electron chi connectivity index (χ2n) is 6.43. The van der Waals surface area contributed by atoms with Gasteiger partial charge in [-0.1, -0.05) is 0 Å². The topological polar surface area (TPSA) is 50.2 Å². The highest BCUT2D eigenvalue weighted by Gasteiger charge is 2.30. The first-order valence-corrected chi connectivity index (χ1v) is 8.24. The van der Waals surface area contributed by atoms with Gasteiger partial charge >= 0.3 is 0 Å². The van der Waals surface area contributed by atoms with Gasteiger partial charge in [0, 0.05) is 25.7 Å². The van der Waals surface area contributed by atoms with Gasteiger partial charge in [-0.25, -0.2) is 0 Å². The van der Waals surface area contributed by atoms with Gasteiger partial charge in [-0.3, -0.25) is 9.48 Å². The number of hydrogen-bond acceptors (Lipinski definition) is 3. The Kier molecular flexibility index (Phi) is 4.29. The number of amides is 1. The third-order valence-electron chi connectivity index (χ3n) is 4.49. The van der Waals surface area contributed by atoms with Crippen LogP contribution in [0.2, 0.25) is 0 Å². The van der Waals surface area contributed by atoms with Crippen molar-refractivity contribution in [1.82, 2.24) is 20.0 Å². The Morgan fingerprint density at radius 2 is 2.24 bits per heavy atom. The van der Waals surface area contributed by atoms with Crippen molar-refractivity contribution in [1.29, 1.82) is 0 Å². The Morgan fingerprint density at radius 1 is 1.43 bits per heavy atom. The molecule has 2 fully saturated rings. The summed E-state index contributed by atoms with van der Waals surface area (Å²) in [7, 11) is 0. The van der Waals surface area contributed by atoms with Crippen molar-refractivity contribution in [2.24, 2.45) is 5.92 Å². The fourth-order valence-corrected chi connectivity index (χ4v) is 3.15. The number of nitrogens with zero attached hydrogens (tertiary/aromatic N) is 3. The summed E-state index contributed by atoms with van der Waals surface area (Å²) in [5, 5.41) is 7.92. The molecule has 1 aromatic heterocycles. The molecular weight excluding hydrogens is 264 g/mol. The van der Waals surface area contributed by atoms with E-state index in [1.165, 1.54) is 25.7 Å². The molecule has 1 aliphatic heterocycles. The van der Waals surface area contributed by atoms with Crippen LogP contribution in [0.5, 0.6) is 0 Å². The van der Waals surface area contributed by atoms with Gasteiger partial charge in [0.05, 0.1) is 5.69 Å². The largest absolute Gasteiger partial charge is 0.335 e. The first-order valence-electron chi connectivity index (χ1n) is 8.24. The van der Waals surface area contributed by atoms with Crippen LogP contribution in [0, 0.1) is 12.8 Å². The third kappa shape index (κ3) is 3.46. The summed E-state index contributed by atoms with van der Waals surface area (Å²) in [5.41, 5.74) is 1.67. The van der Waals surface area contributed by atoms with Crippen LogP contribution in [0.3, 0.4) is 0 Å². The zero-order valence-electron chi connectivity index (χ0n) is 13.1. The molecule has 1 amide bonds. The van der Waals surface area contributed by atoms with Crippen LogP contribution in [-0.2, 0) is 6.54 Å². The number of rotatable bonds is 6. The van der Waals surface area contributed by atoms with E-state index in [4.69, 9.17) is 0 Å². The number of aromatic nitrogens is 2. The monoisotopic (exact) mass is 290 g/mol. The Balaban J connectivity index is 1.74. The Morgan fingerprint density at radius 3 is 2.86 bits per heavy atom. The maximum Gasteiger partial charge on any atom is 0.272 e. The van der Waals surface area contributed by atoms with Gasteiger partial charge in [-0.05, 0) is 58.1 Å². The van der Waals surface area contributed by atoms with Gasteiger partial charge in [0.15, 0.2) is 0 Å². The molecule has 0 radical (unpaired) electrons. The molecule has 21 heavy (non-hydrogen) atoms. The predicted octanol–water partition coefficient (Wildman–Crippen LogP) is 1.82. The smallest absolute Gasteiger partial charge is 0.272 e. The van der Waals surface area contributed by atoms with E-state index in [1.54, 1.807) is 0 Å². The van der Waals surface area contributed by atoms with Gasteiger partial charge in [0.1, 0.15) is 5.69 Å². The maximum absolute atomic E-state index is 12.9. The van der Waals surface area contributed by atoms with Crippen molar-refractivity contribution < 1.29 is 4.79 Å². The van der Waals surface area contributed by atoms with Crippen LogP contribution in [0.25, 0.3) is 0 Å². The lowest BCUT2D eigenvalue weighted by molar-refractivity contribution is 0.0721. The van der Waals surface area contributed by atoms with E-state index >= 15 is 0 Å². The summed E-state index contributed by atoms with van der Waals surface area (Å²) in [6.45, 7) is 7.56. The van der Waals surface area contributed by atoms with E-state index in [1.807, 2.05) is 24.6 Å². The SMILES string of the molecule is CCn1nc(C)cc1C(=O)N(CC1CC1)CC1CCCN1. The molecule has 1 saturated carbocycles. The summed E-state index contributed by atoms with van der Waals surface area (Å²) in [4.78, 5) is 15.0. The van der Waals surface area contributed by atoms with Crippen LogP contribution in [0.4, 0.5) is 0 Å². The second kappa shape index (κ2) is 6.18. The molecule has 5 heteroatoms. The molecule has 1 aliphatic carbocycles. The van der Waals surface area contributed by atoms with Gasteiger partial charge in [0.2, 0.25) is 0 Å². The fourth-order valence-electron chi connectivity index (χ4n) is 3.15. The van der Waals surface area contributed by atoms with Crippen molar-refractivity contribution >= 4 is 5.91 Å². The van der Waals surface area contributed by atoms with E-state index in [2.05, 4.69) is 15.3 Å². The fraction of sp³-hybridized carbons (Fsp3) is 0.750. The maximum atomic E-state index is 12.9. The van der Waals surface area contributed by atoms with E-state index in [0.29, 0.717) is 6.04 Å². The van der Waals surface area contributed by atoms with Crippen LogP contribution in [0.1, 0.15) is 48.8 Å². The van der Waals surface area contributed by atoms with Crippen molar-refractivity contribution in [2.45, 2.75) is 52.1 Å². The van der Waals surface area contributed by atoms with Gasteiger partial charge in [0.25, 0.3) is 5.91 Å². The average molecular weight is 290 g/mol. The van der Waals surface area contributed by atoms with E-state index < -0.39 is 0 Å². The number of aryl methyl sites for hydroxylation is 2. The van der Waals surface area contributed by atoms with Gasteiger partial charge in [-0.2, -0.15) is 5.10 Å². The highest BCUT2D eigenvalue weighted by atomic mass is 16.2. The van der Waals surface area contributed by atoms with Crippen molar-refractivity contribution in [2.75, 3.05) is 19.6 Å². The van der Waals surface area contributed by atoms with E-state index in [9.17, 15) is 4.79 Å². The lowest BCUT2D eigenvalue weighted by Gasteiger charge is -2.26.